The van der Waals surface area contributed by atoms with E-state index in [1.807, 2.05) is 24.3 Å². The van der Waals surface area contributed by atoms with Crippen molar-refractivity contribution in [1.82, 2.24) is 4.90 Å². The minimum absolute atomic E-state index is 0.0827. The largest absolute Gasteiger partial charge is 0.490 e. The maximum atomic E-state index is 9.88. The Morgan fingerprint density at radius 1 is 1.26 bits per heavy atom. The van der Waals surface area contributed by atoms with E-state index in [1.165, 1.54) is 6.42 Å². The molecule has 1 saturated carbocycles. The number of nitrogen functional groups attached to an aromatic ring is 1. The Morgan fingerprint density at radius 2 is 2.11 bits per heavy atom. The monoisotopic (exact) mass is 262 g/mol. The maximum Gasteiger partial charge on any atom is 0.142 e. The molecule has 104 valence electrons. The van der Waals surface area contributed by atoms with Gasteiger partial charge in [-0.1, -0.05) is 12.1 Å². The number of likely N-dealkylation sites (tertiary alicyclic amines) is 1. The van der Waals surface area contributed by atoms with Crippen molar-refractivity contribution in [3.05, 3.63) is 24.3 Å². The quantitative estimate of drug-likeness (QED) is 0.804. The zero-order valence-corrected chi connectivity index (χ0v) is 11.2. The van der Waals surface area contributed by atoms with Crippen LogP contribution in [0.5, 0.6) is 5.75 Å². The van der Waals surface area contributed by atoms with E-state index in [0.717, 1.165) is 31.8 Å². The lowest BCUT2D eigenvalue weighted by Gasteiger charge is -2.18. The fraction of sp³-hybridized carbons (Fsp3) is 0.600. The van der Waals surface area contributed by atoms with Crippen LogP contribution in [-0.2, 0) is 0 Å². The molecule has 19 heavy (non-hydrogen) atoms. The van der Waals surface area contributed by atoms with E-state index in [-0.39, 0.29) is 6.10 Å². The molecule has 2 fully saturated rings. The number of rotatable bonds is 4. The van der Waals surface area contributed by atoms with Crippen molar-refractivity contribution in [2.24, 2.45) is 11.8 Å². The van der Waals surface area contributed by atoms with E-state index in [2.05, 4.69) is 4.90 Å². The van der Waals surface area contributed by atoms with E-state index in [0.29, 0.717) is 24.1 Å². The van der Waals surface area contributed by atoms with E-state index in [4.69, 9.17) is 10.5 Å². The third kappa shape index (κ3) is 2.69. The predicted octanol–water partition coefficient (Wildman–Crippen LogP) is 1.35. The Bertz CT molecular complexity index is 438. The van der Waals surface area contributed by atoms with Crippen molar-refractivity contribution in [3.63, 3.8) is 0 Å². The molecule has 0 aromatic heterocycles. The number of ether oxygens (including phenoxy) is 1. The topological polar surface area (TPSA) is 58.7 Å². The van der Waals surface area contributed by atoms with Crippen LogP contribution in [0.15, 0.2) is 24.3 Å². The second-order valence-corrected chi connectivity index (χ2v) is 5.71. The van der Waals surface area contributed by atoms with Gasteiger partial charge in [0.05, 0.1) is 11.8 Å². The van der Waals surface area contributed by atoms with Gasteiger partial charge in [0.25, 0.3) is 0 Å². The summed E-state index contributed by atoms with van der Waals surface area (Å²) in [7, 11) is 0. The van der Waals surface area contributed by atoms with Gasteiger partial charge < -0.3 is 15.6 Å². The van der Waals surface area contributed by atoms with Crippen LogP contribution in [0.2, 0.25) is 0 Å². The van der Waals surface area contributed by atoms with Gasteiger partial charge in [0.1, 0.15) is 12.4 Å². The molecule has 1 saturated heterocycles. The molecule has 1 heterocycles. The Kier molecular flexibility index (Phi) is 3.62. The Morgan fingerprint density at radius 3 is 2.89 bits per heavy atom. The number of hydrogen-bond acceptors (Lipinski definition) is 4. The fourth-order valence-electron chi connectivity index (χ4n) is 3.41. The molecule has 3 unspecified atom stereocenters. The molecule has 2 aliphatic rings. The Hall–Kier alpha value is -1.26. The lowest BCUT2D eigenvalue weighted by molar-refractivity contribution is 0.122. The van der Waals surface area contributed by atoms with Crippen molar-refractivity contribution in [3.8, 4) is 5.75 Å². The highest BCUT2D eigenvalue weighted by Crippen LogP contribution is 2.37. The highest BCUT2D eigenvalue weighted by molar-refractivity contribution is 5.51. The fourth-order valence-corrected chi connectivity index (χ4v) is 3.41. The number of hydrogen-bond donors (Lipinski definition) is 2. The number of para-hydroxylation sites is 2. The van der Waals surface area contributed by atoms with E-state index in [9.17, 15) is 5.11 Å². The molecule has 4 heteroatoms. The Balaban J connectivity index is 1.46. The average Bonchev–Trinajstić information content (AvgIpc) is 2.95. The van der Waals surface area contributed by atoms with Gasteiger partial charge in [-0.3, -0.25) is 4.90 Å². The molecule has 1 aromatic carbocycles. The summed E-state index contributed by atoms with van der Waals surface area (Å²) in [6.45, 7) is 3.69. The second kappa shape index (κ2) is 5.39. The van der Waals surface area contributed by atoms with Crippen LogP contribution < -0.4 is 10.5 Å². The van der Waals surface area contributed by atoms with Crippen LogP contribution in [0.25, 0.3) is 0 Å². The second-order valence-electron chi connectivity index (χ2n) is 5.71. The number of benzene rings is 1. The first kappa shape index (κ1) is 12.8. The van der Waals surface area contributed by atoms with Crippen LogP contribution in [0.3, 0.4) is 0 Å². The highest BCUT2D eigenvalue weighted by atomic mass is 16.5. The van der Waals surface area contributed by atoms with Crippen LogP contribution in [0.4, 0.5) is 5.69 Å². The summed E-state index contributed by atoms with van der Waals surface area (Å²) in [5.74, 6) is 1.94. The molecular formula is C15H22N2O2. The molecular weight excluding hydrogens is 240 g/mol. The normalized spacial score (nSPS) is 30.5. The van der Waals surface area contributed by atoms with Crippen molar-refractivity contribution in [2.75, 3.05) is 32.0 Å². The third-order valence-electron chi connectivity index (χ3n) is 4.48. The zero-order chi connectivity index (χ0) is 13.2. The number of aliphatic hydroxyl groups excluding tert-OH is 1. The van der Waals surface area contributed by atoms with Crippen LogP contribution in [-0.4, -0.2) is 42.4 Å². The molecule has 0 radical (unpaired) electrons. The average molecular weight is 262 g/mol. The number of fused-ring (bicyclic) bond motifs is 1. The maximum absolute atomic E-state index is 9.88. The molecule has 0 spiro atoms. The van der Waals surface area contributed by atoms with Gasteiger partial charge in [0.15, 0.2) is 0 Å². The first-order valence-electron chi connectivity index (χ1n) is 7.12. The molecule has 3 atom stereocenters. The van der Waals surface area contributed by atoms with Gasteiger partial charge in [0, 0.05) is 25.6 Å². The summed E-state index contributed by atoms with van der Waals surface area (Å²) in [5.41, 5.74) is 6.53. The standard InChI is InChI=1S/C15H22N2O2/c16-13-3-1-2-4-15(13)19-8-7-17-9-11-5-6-14(18)12(11)10-17/h1-4,11-12,14,18H,5-10,16H2. The van der Waals surface area contributed by atoms with Gasteiger partial charge in [-0.25, -0.2) is 0 Å². The number of anilines is 1. The van der Waals surface area contributed by atoms with E-state index in [1.54, 1.807) is 0 Å². The summed E-state index contributed by atoms with van der Waals surface area (Å²) in [5, 5.41) is 9.88. The smallest absolute Gasteiger partial charge is 0.142 e. The zero-order valence-electron chi connectivity index (χ0n) is 11.2. The van der Waals surface area contributed by atoms with Crippen LogP contribution >= 0.6 is 0 Å². The van der Waals surface area contributed by atoms with Gasteiger partial charge >= 0.3 is 0 Å². The molecule has 4 nitrogen and oxygen atoms in total. The number of nitrogens with two attached hydrogens (primary N) is 1. The first-order valence-corrected chi connectivity index (χ1v) is 7.12. The van der Waals surface area contributed by atoms with Gasteiger partial charge in [0.2, 0.25) is 0 Å². The Labute approximate surface area is 114 Å². The summed E-state index contributed by atoms with van der Waals surface area (Å²) < 4.78 is 5.72. The van der Waals surface area contributed by atoms with Gasteiger partial charge in [-0.2, -0.15) is 0 Å². The van der Waals surface area contributed by atoms with E-state index >= 15 is 0 Å². The van der Waals surface area contributed by atoms with E-state index < -0.39 is 0 Å². The highest BCUT2D eigenvalue weighted by Gasteiger charge is 2.41. The van der Waals surface area contributed by atoms with Gasteiger partial charge in [-0.15, -0.1) is 0 Å². The molecule has 1 aliphatic carbocycles. The van der Waals surface area contributed by atoms with Gasteiger partial charge in [-0.05, 0) is 30.9 Å². The molecule has 3 rings (SSSR count). The summed E-state index contributed by atoms with van der Waals surface area (Å²) >= 11 is 0. The number of aliphatic hydroxyl groups is 1. The lowest BCUT2D eigenvalue weighted by Crippen LogP contribution is -2.28. The molecule has 0 bridgehead atoms. The summed E-state index contributed by atoms with van der Waals surface area (Å²) in [4.78, 5) is 2.40. The predicted molar refractivity (Wildman–Crippen MR) is 75.0 cm³/mol. The lowest BCUT2D eigenvalue weighted by atomic mass is 10.00. The summed E-state index contributed by atoms with van der Waals surface area (Å²) in [6, 6.07) is 7.59. The number of nitrogens with zero attached hydrogens (tertiary/aromatic N) is 1. The van der Waals surface area contributed by atoms with Crippen molar-refractivity contribution in [1.29, 1.82) is 0 Å². The third-order valence-corrected chi connectivity index (χ3v) is 4.48. The minimum atomic E-state index is -0.0827. The van der Waals surface area contributed by atoms with Crippen LogP contribution in [0, 0.1) is 11.8 Å². The molecule has 3 N–H and O–H groups in total. The van der Waals surface area contributed by atoms with Crippen molar-refractivity contribution < 1.29 is 9.84 Å². The molecule has 1 aromatic rings. The SMILES string of the molecule is Nc1ccccc1OCCN1CC2CCC(O)C2C1. The molecule has 1 aliphatic heterocycles. The van der Waals surface area contributed by atoms with Crippen molar-refractivity contribution >= 4 is 5.69 Å². The minimum Gasteiger partial charge on any atom is -0.490 e. The molecule has 0 amide bonds. The summed E-state index contributed by atoms with van der Waals surface area (Å²) in [6.07, 6.45) is 2.08. The first-order chi connectivity index (χ1) is 9.24. The van der Waals surface area contributed by atoms with Crippen molar-refractivity contribution in [2.45, 2.75) is 18.9 Å². The van der Waals surface area contributed by atoms with Crippen LogP contribution in [0.1, 0.15) is 12.8 Å².